The van der Waals surface area contributed by atoms with Crippen molar-refractivity contribution in [2.75, 3.05) is 21.3 Å². The van der Waals surface area contributed by atoms with E-state index in [0.29, 0.717) is 17.4 Å². The standard InChI is InChI=1S/C18H25N3O2/c1-18(2,3)11-9-12(19-4)15-13(10-11)21-8-7-14(22-5)16(23-6)17(21)20-15/h7-8,11H,9-10H2,1-6H3/b19-12-. The van der Waals surface area contributed by atoms with Gasteiger partial charge in [0.2, 0.25) is 5.75 Å². The van der Waals surface area contributed by atoms with Gasteiger partial charge >= 0.3 is 0 Å². The molecule has 1 aliphatic carbocycles. The molecule has 2 aromatic heterocycles. The van der Waals surface area contributed by atoms with E-state index in [1.807, 2.05) is 19.3 Å². The minimum atomic E-state index is 0.230. The highest BCUT2D eigenvalue weighted by Crippen LogP contribution is 2.40. The molecule has 124 valence electrons. The summed E-state index contributed by atoms with van der Waals surface area (Å²) in [6.07, 6.45) is 3.98. The van der Waals surface area contributed by atoms with Crippen LogP contribution in [0.3, 0.4) is 0 Å². The highest BCUT2D eigenvalue weighted by molar-refractivity contribution is 6.02. The van der Waals surface area contributed by atoms with E-state index in [1.54, 1.807) is 14.2 Å². The van der Waals surface area contributed by atoms with Crippen molar-refractivity contribution in [1.29, 1.82) is 0 Å². The van der Waals surface area contributed by atoms with Crippen LogP contribution in [0.1, 0.15) is 38.6 Å². The van der Waals surface area contributed by atoms with E-state index in [9.17, 15) is 0 Å². The molecule has 0 aliphatic heterocycles. The van der Waals surface area contributed by atoms with Gasteiger partial charge in [-0.2, -0.15) is 0 Å². The highest BCUT2D eigenvalue weighted by atomic mass is 16.5. The molecule has 0 saturated heterocycles. The van der Waals surface area contributed by atoms with Crippen molar-refractivity contribution >= 4 is 11.4 Å². The number of aromatic nitrogens is 2. The summed E-state index contributed by atoms with van der Waals surface area (Å²) >= 11 is 0. The molecule has 0 spiro atoms. The Bertz CT molecular complexity index is 769. The minimum Gasteiger partial charge on any atom is -0.493 e. The Morgan fingerprint density at radius 3 is 2.52 bits per heavy atom. The molecule has 1 unspecified atom stereocenters. The minimum absolute atomic E-state index is 0.230. The van der Waals surface area contributed by atoms with E-state index in [-0.39, 0.29) is 5.41 Å². The molecule has 1 atom stereocenters. The SMILES string of the molecule is C/N=C1/CC(C(C)(C)C)Cc2c1nc1c(OC)c(OC)ccn21. The monoisotopic (exact) mass is 315 g/mol. The molecule has 5 nitrogen and oxygen atoms in total. The maximum Gasteiger partial charge on any atom is 0.204 e. The lowest BCUT2D eigenvalue weighted by Gasteiger charge is -2.34. The molecule has 0 radical (unpaired) electrons. The molecule has 2 heterocycles. The van der Waals surface area contributed by atoms with Crippen LogP contribution < -0.4 is 9.47 Å². The number of hydrogen-bond donors (Lipinski definition) is 0. The van der Waals surface area contributed by atoms with Crippen LogP contribution in [0, 0.1) is 11.3 Å². The third kappa shape index (κ3) is 2.48. The van der Waals surface area contributed by atoms with Gasteiger partial charge in [-0.3, -0.25) is 4.99 Å². The summed E-state index contributed by atoms with van der Waals surface area (Å²) in [6, 6.07) is 1.93. The van der Waals surface area contributed by atoms with Crippen molar-refractivity contribution in [2.45, 2.75) is 33.6 Å². The summed E-state index contributed by atoms with van der Waals surface area (Å²) in [5.41, 5.74) is 4.32. The first-order valence-electron chi connectivity index (χ1n) is 7.98. The van der Waals surface area contributed by atoms with Crippen LogP contribution in [-0.4, -0.2) is 36.4 Å². The van der Waals surface area contributed by atoms with Gasteiger partial charge in [-0.15, -0.1) is 0 Å². The first-order valence-corrected chi connectivity index (χ1v) is 7.98. The second-order valence-corrected chi connectivity index (χ2v) is 7.16. The molecule has 0 saturated carbocycles. The molecule has 5 heteroatoms. The van der Waals surface area contributed by atoms with E-state index < -0.39 is 0 Å². The first kappa shape index (κ1) is 15.8. The van der Waals surface area contributed by atoms with Crippen LogP contribution in [0.4, 0.5) is 0 Å². The molecule has 2 aromatic rings. The number of fused-ring (bicyclic) bond motifs is 3. The molecule has 0 bridgehead atoms. The molecule has 0 fully saturated rings. The largest absolute Gasteiger partial charge is 0.493 e. The maximum absolute atomic E-state index is 5.54. The third-order valence-corrected chi connectivity index (χ3v) is 4.88. The number of rotatable bonds is 2. The number of nitrogens with zero attached hydrogens (tertiary/aromatic N) is 3. The number of ether oxygens (including phenoxy) is 2. The van der Waals surface area contributed by atoms with E-state index in [2.05, 4.69) is 30.2 Å². The van der Waals surface area contributed by atoms with Crippen molar-refractivity contribution < 1.29 is 9.47 Å². The summed E-state index contributed by atoms with van der Waals surface area (Å²) in [7, 11) is 5.15. The average molecular weight is 315 g/mol. The number of imidazole rings is 1. The van der Waals surface area contributed by atoms with Gasteiger partial charge in [-0.1, -0.05) is 20.8 Å². The Morgan fingerprint density at radius 1 is 1.22 bits per heavy atom. The fourth-order valence-electron chi connectivity index (χ4n) is 3.34. The van der Waals surface area contributed by atoms with E-state index in [4.69, 9.17) is 14.5 Å². The van der Waals surface area contributed by atoms with Crippen molar-refractivity contribution in [1.82, 2.24) is 9.38 Å². The molecular weight excluding hydrogens is 290 g/mol. The van der Waals surface area contributed by atoms with Gasteiger partial charge in [-0.05, 0) is 24.2 Å². The lowest BCUT2D eigenvalue weighted by molar-refractivity contribution is 0.240. The quantitative estimate of drug-likeness (QED) is 0.853. The number of pyridine rings is 1. The van der Waals surface area contributed by atoms with Gasteiger partial charge in [0.15, 0.2) is 11.4 Å². The Balaban J connectivity index is 2.24. The van der Waals surface area contributed by atoms with Crippen LogP contribution >= 0.6 is 0 Å². The lowest BCUT2D eigenvalue weighted by Crippen LogP contribution is -2.31. The van der Waals surface area contributed by atoms with E-state index in [1.165, 1.54) is 5.69 Å². The van der Waals surface area contributed by atoms with E-state index in [0.717, 1.165) is 29.9 Å². The molecule has 0 amide bonds. The van der Waals surface area contributed by atoms with Crippen LogP contribution in [-0.2, 0) is 6.42 Å². The second kappa shape index (κ2) is 5.55. The Morgan fingerprint density at radius 2 is 1.96 bits per heavy atom. The first-order chi connectivity index (χ1) is 10.9. The van der Waals surface area contributed by atoms with Crippen LogP contribution in [0.15, 0.2) is 17.3 Å². The molecule has 0 N–H and O–H groups in total. The molecule has 0 aromatic carbocycles. The van der Waals surface area contributed by atoms with Crippen LogP contribution in [0.5, 0.6) is 11.5 Å². The van der Waals surface area contributed by atoms with Gasteiger partial charge in [0, 0.05) is 19.3 Å². The van der Waals surface area contributed by atoms with Gasteiger partial charge < -0.3 is 13.9 Å². The Labute approximate surface area is 137 Å². The fraction of sp³-hybridized carbons (Fsp3) is 0.556. The van der Waals surface area contributed by atoms with Crippen LogP contribution in [0.25, 0.3) is 5.65 Å². The summed E-state index contributed by atoms with van der Waals surface area (Å²) < 4.78 is 13.1. The molecule has 23 heavy (non-hydrogen) atoms. The van der Waals surface area contributed by atoms with Crippen molar-refractivity contribution in [3.8, 4) is 11.5 Å². The van der Waals surface area contributed by atoms with Gasteiger partial charge in [0.1, 0.15) is 5.69 Å². The number of aliphatic imine (C=N–C) groups is 1. The zero-order valence-electron chi connectivity index (χ0n) is 14.8. The van der Waals surface area contributed by atoms with Crippen molar-refractivity contribution in [3.63, 3.8) is 0 Å². The smallest absolute Gasteiger partial charge is 0.204 e. The summed E-state index contributed by atoms with van der Waals surface area (Å²) in [5.74, 6) is 1.92. The average Bonchev–Trinajstić information content (AvgIpc) is 2.90. The lowest BCUT2D eigenvalue weighted by atomic mass is 9.72. The second-order valence-electron chi connectivity index (χ2n) is 7.16. The number of hydrogen-bond acceptors (Lipinski definition) is 4. The molecule has 1 aliphatic rings. The predicted octanol–water partition coefficient (Wildman–Crippen LogP) is 3.38. The normalized spacial score (nSPS) is 19.9. The summed E-state index contributed by atoms with van der Waals surface area (Å²) in [5, 5.41) is 0. The maximum atomic E-state index is 5.54. The molecular formula is C18H25N3O2. The fourth-order valence-corrected chi connectivity index (χ4v) is 3.34. The highest BCUT2D eigenvalue weighted by Gasteiger charge is 2.35. The van der Waals surface area contributed by atoms with Gasteiger partial charge in [0.05, 0.1) is 25.6 Å². The molecule has 3 rings (SSSR count). The third-order valence-electron chi connectivity index (χ3n) is 4.88. The van der Waals surface area contributed by atoms with Crippen molar-refractivity contribution in [2.24, 2.45) is 16.3 Å². The van der Waals surface area contributed by atoms with Crippen molar-refractivity contribution in [3.05, 3.63) is 23.7 Å². The van der Waals surface area contributed by atoms with Gasteiger partial charge in [-0.25, -0.2) is 4.98 Å². The van der Waals surface area contributed by atoms with Crippen LogP contribution in [0.2, 0.25) is 0 Å². The summed E-state index contributed by atoms with van der Waals surface area (Å²) in [6.45, 7) is 6.88. The number of methoxy groups -OCH3 is 2. The zero-order chi connectivity index (χ0) is 16.8. The van der Waals surface area contributed by atoms with Gasteiger partial charge in [0.25, 0.3) is 0 Å². The topological polar surface area (TPSA) is 48.1 Å². The Kier molecular flexibility index (Phi) is 3.82. The van der Waals surface area contributed by atoms with E-state index >= 15 is 0 Å². The summed E-state index contributed by atoms with van der Waals surface area (Å²) in [4.78, 5) is 9.34. The zero-order valence-corrected chi connectivity index (χ0v) is 14.8. The Hall–Kier alpha value is -2.04. The predicted molar refractivity (Wildman–Crippen MR) is 92.0 cm³/mol.